The fourth-order valence-electron chi connectivity index (χ4n) is 4.72. The van der Waals surface area contributed by atoms with Crippen LogP contribution < -0.4 is 4.90 Å². The van der Waals surface area contributed by atoms with Crippen molar-refractivity contribution in [3.05, 3.63) is 72.3 Å². The Morgan fingerprint density at radius 2 is 1.72 bits per heavy atom. The van der Waals surface area contributed by atoms with Gasteiger partial charge < -0.3 is 4.90 Å². The molecule has 32 heavy (non-hydrogen) atoms. The molecule has 0 spiro atoms. The van der Waals surface area contributed by atoms with Crippen LogP contribution in [0.3, 0.4) is 0 Å². The number of rotatable bonds is 5. The number of hydrogen-bond acceptors (Lipinski definition) is 7. The molecule has 2 aromatic carbocycles. The Kier molecular flexibility index (Phi) is 5.23. The Morgan fingerprint density at radius 1 is 0.969 bits per heavy atom. The summed E-state index contributed by atoms with van der Waals surface area (Å²) in [6.45, 7) is 3.67. The lowest BCUT2D eigenvalue weighted by molar-refractivity contribution is 0.0899. The number of likely N-dealkylation sites (tertiary alicyclic amines) is 1. The summed E-state index contributed by atoms with van der Waals surface area (Å²) < 4.78 is 32.1. The summed E-state index contributed by atoms with van der Waals surface area (Å²) in [6, 6.07) is 20.8. The maximum Gasteiger partial charge on any atom is 0.297 e. The SMILES string of the molecule is Cc1ccc(S(=O)(=O)OC23CC(CN(c4ccc(-c5ccccc5)nn4)C2)N(C)C3)cc1. The molecule has 166 valence electrons. The molecule has 2 bridgehead atoms. The van der Waals surface area contributed by atoms with Crippen LogP contribution >= 0.6 is 0 Å². The molecule has 1 aromatic heterocycles. The van der Waals surface area contributed by atoms with Gasteiger partial charge >= 0.3 is 0 Å². The molecule has 2 unspecified atom stereocenters. The van der Waals surface area contributed by atoms with Gasteiger partial charge in [-0.15, -0.1) is 10.2 Å². The molecule has 5 rings (SSSR count). The van der Waals surface area contributed by atoms with Gasteiger partial charge in [-0.05, 0) is 44.7 Å². The van der Waals surface area contributed by atoms with Crippen LogP contribution in [0.2, 0.25) is 0 Å². The quantitative estimate of drug-likeness (QED) is 0.553. The smallest absolute Gasteiger partial charge is 0.297 e. The van der Waals surface area contributed by atoms with Crippen LogP contribution in [0.4, 0.5) is 5.82 Å². The van der Waals surface area contributed by atoms with E-state index in [0.717, 1.165) is 29.2 Å². The van der Waals surface area contributed by atoms with Crippen LogP contribution in [0.5, 0.6) is 0 Å². The Labute approximate surface area is 188 Å². The van der Waals surface area contributed by atoms with Gasteiger partial charge in [-0.3, -0.25) is 9.08 Å². The third kappa shape index (κ3) is 4.01. The standard InChI is InChI=1S/C24H26N4O3S/c1-18-8-10-21(11-9-18)32(29,30)31-24-14-20(27(2)16-24)15-28(17-24)23-13-12-22(25-26-23)19-6-4-3-5-7-19/h3-13,20H,14-17H2,1-2H3. The number of aryl methyl sites for hydroxylation is 1. The second-order valence-corrected chi connectivity index (χ2v) is 10.4. The lowest BCUT2D eigenvalue weighted by Crippen LogP contribution is -2.52. The molecule has 3 aromatic rings. The first-order valence-corrected chi connectivity index (χ1v) is 12.1. The number of hydrogen-bond donors (Lipinski definition) is 0. The van der Waals surface area contributed by atoms with E-state index in [2.05, 4.69) is 20.0 Å². The third-order valence-electron chi connectivity index (χ3n) is 6.32. The van der Waals surface area contributed by atoms with Crippen molar-refractivity contribution < 1.29 is 12.6 Å². The summed E-state index contributed by atoms with van der Waals surface area (Å²) in [5.41, 5.74) is 2.00. The van der Waals surface area contributed by atoms with Gasteiger partial charge in [0.1, 0.15) is 5.60 Å². The molecule has 0 aliphatic carbocycles. The number of nitrogens with zero attached hydrogens (tertiary/aromatic N) is 4. The highest BCUT2D eigenvalue weighted by atomic mass is 32.2. The first-order chi connectivity index (χ1) is 15.3. The molecular weight excluding hydrogens is 424 g/mol. The summed E-state index contributed by atoms with van der Waals surface area (Å²) in [7, 11) is -1.87. The minimum Gasteiger partial charge on any atom is -0.351 e. The van der Waals surface area contributed by atoms with Gasteiger partial charge in [0.15, 0.2) is 5.82 Å². The van der Waals surface area contributed by atoms with Crippen molar-refractivity contribution in [2.75, 3.05) is 31.6 Å². The molecule has 0 saturated carbocycles. The first-order valence-electron chi connectivity index (χ1n) is 10.7. The zero-order chi connectivity index (χ0) is 22.3. The predicted molar refractivity (Wildman–Crippen MR) is 123 cm³/mol. The molecule has 0 N–H and O–H groups in total. The molecule has 0 radical (unpaired) electrons. The van der Waals surface area contributed by atoms with Gasteiger partial charge in [-0.2, -0.15) is 8.42 Å². The van der Waals surface area contributed by atoms with Crippen LogP contribution in [-0.4, -0.2) is 61.8 Å². The van der Waals surface area contributed by atoms with Gasteiger partial charge in [-0.25, -0.2) is 0 Å². The fourth-order valence-corrected chi connectivity index (χ4v) is 5.93. The topological polar surface area (TPSA) is 75.6 Å². The zero-order valence-corrected chi connectivity index (χ0v) is 19.0. The zero-order valence-electron chi connectivity index (χ0n) is 18.2. The van der Waals surface area contributed by atoms with E-state index in [0.29, 0.717) is 19.5 Å². The van der Waals surface area contributed by atoms with Crippen LogP contribution in [0.1, 0.15) is 12.0 Å². The molecule has 2 saturated heterocycles. The Balaban J connectivity index is 1.39. The summed E-state index contributed by atoms with van der Waals surface area (Å²) in [5, 5.41) is 8.85. The Morgan fingerprint density at radius 3 is 2.41 bits per heavy atom. The van der Waals surface area contributed by atoms with Gasteiger partial charge in [0.2, 0.25) is 0 Å². The molecule has 2 aliphatic heterocycles. The van der Waals surface area contributed by atoms with Crippen molar-refractivity contribution >= 4 is 15.9 Å². The summed E-state index contributed by atoms with van der Waals surface area (Å²) in [4.78, 5) is 4.45. The van der Waals surface area contributed by atoms with E-state index in [1.54, 1.807) is 24.3 Å². The molecule has 2 aliphatic rings. The van der Waals surface area contributed by atoms with Crippen LogP contribution in [0.15, 0.2) is 71.6 Å². The molecule has 3 heterocycles. The molecule has 2 atom stereocenters. The molecule has 7 nitrogen and oxygen atoms in total. The number of likely N-dealkylation sites (N-methyl/N-ethyl adjacent to an activating group) is 1. The largest absolute Gasteiger partial charge is 0.351 e. The van der Waals surface area contributed by atoms with E-state index in [1.165, 1.54) is 0 Å². The van der Waals surface area contributed by atoms with Crippen molar-refractivity contribution in [1.82, 2.24) is 15.1 Å². The Hall–Kier alpha value is -2.81. The van der Waals surface area contributed by atoms with Crippen LogP contribution in [0, 0.1) is 6.92 Å². The van der Waals surface area contributed by atoms with Gasteiger partial charge in [0.25, 0.3) is 10.1 Å². The minimum absolute atomic E-state index is 0.188. The van der Waals surface area contributed by atoms with Crippen molar-refractivity contribution in [2.45, 2.75) is 29.9 Å². The van der Waals surface area contributed by atoms with E-state index in [4.69, 9.17) is 4.18 Å². The van der Waals surface area contributed by atoms with Gasteiger partial charge in [-0.1, -0.05) is 48.0 Å². The minimum atomic E-state index is -3.88. The summed E-state index contributed by atoms with van der Waals surface area (Å²) >= 11 is 0. The van der Waals surface area contributed by atoms with Crippen LogP contribution in [-0.2, 0) is 14.3 Å². The second-order valence-electron chi connectivity index (χ2n) is 8.83. The van der Waals surface area contributed by atoms with E-state index in [9.17, 15) is 8.42 Å². The van der Waals surface area contributed by atoms with Crippen molar-refractivity contribution in [1.29, 1.82) is 0 Å². The lowest BCUT2D eigenvalue weighted by Gasteiger charge is -2.39. The number of fused-ring (bicyclic) bond motifs is 2. The maximum atomic E-state index is 13.1. The van der Waals surface area contributed by atoms with E-state index in [1.807, 2.05) is 56.4 Å². The molecule has 0 amide bonds. The molecular formula is C24H26N4O3S. The summed E-state index contributed by atoms with van der Waals surface area (Å²) in [6.07, 6.45) is 0.667. The first kappa shape index (κ1) is 21.1. The number of piperidine rings is 1. The maximum absolute atomic E-state index is 13.1. The lowest BCUT2D eigenvalue weighted by atomic mass is 9.95. The monoisotopic (exact) mass is 450 g/mol. The number of anilines is 1. The van der Waals surface area contributed by atoms with E-state index in [-0.39, 0.29) is 10.9 Å². The third-order valence-corrected chi connectivity index (χ3v) is 7.74. The molecule has 8 heteroatoms. The predicted octanol–water partition coefficient (Wildman–Crippen LogP) is 3.12. The van der Waals surface area contributed by atoms with E-state index < -0.39 is 15.7 Å². The normalized spacial score (nSPS) is 23.4. The van der Waals surface area contributed by atoms with Crippen molar-refractivity contribution in [3.8, 4) is 11.3 Å². The average Bonchev–Trinajstić information content (AvgIpc) is 3.01. The van der Waals surface area contributed by atoms with Crippen molar-refractivity contribution in [3.63, 3.8) is 0 Å². The van der Waals surface area contributed by atoms with Crippen LogP contribution in [0.25, 0.3) is 11.3 Å². The highest BCUT2D eigenvalue weighted by Gasteiger charge is 2.52. The number of benzene rings is 2. The average molecular weight is 451 g/mol. The second kappa shape index (κ2) is 7.95. The highest BCUT2D eigenvalue weighted by Crippen LogP contribution is 2.39. The highest BCUT2D eigenvalue weighted by molar-refractivity contribution is 7.86. The van der Waals surface area contributed by atoms with Gasteiger partial charge in [0.05, 0.1) is 17.1 Å². The summed E-state index contributed by atoms with van der Waals surface area (Å²) in [5.74, 6) is 0.727. The molecule has 2 fully saturated rings. The van der Waals surface area contributed by atoms with Crippen molar-refractivity contribution in [2.24, 2.45) is 0 Å². The Bertz CT molecular complexity index is 1200. The van der Waals surface area contributed by atoms with E-state index >= 15 is 0 Å². The number of aromatic nitrogens is 2. The van der Waals surface area contributed by atoms with Gasteiger partial charge in [0, 0.05) is 24.7 Å². The fraction of sp³-hybridized carbons (Fsp3) is 0.333.